The van der Waals surface area contributed by atoms with E-state index in [4.69, 9.17) is 9.47 Å². The van der Waals surface area contributed by atoms with Gasteiger partial charge in [0.05, 0.1) is 11.7 Å². The molecule has 0 radical (unpaired) electrons. The number of nitrogens with one attached hydrogen (secondary N) is 2. The van der Waals surface area contributed by atoms with Crippen molar-refractivity contribution in [2.75, 3.05) is 25.1 Å². The Morgan fingerprint density at radius 2 is 2.03 bits per heavy atom. The van der Waals surface area contributed by atoms with Crippen molar-refractivity contribution in [3.63, 3.8) is 0 Å². The van der Waals surface area contributed by atoms with Crippen LogP contribution >= 0.6 is 11.3 Å². The lowest BCUT2D eigenvalue weighted by molar-refractivity contribution is -0.118. The maximum atomic E-state index is 13.7. The van der Waals surface area contributed by atoms with E-state index in [-0.39, 0.29) is 24.4 Å². The maximum Gasteiger partial charge on any atom is 0.262 e. The number of ether oxygens (including phenoxy) is 2. The lowest BCUT2D eigenvalue weighted by Gasteiger charge is -2.15. The minimum atomic E-state index is -0.522. The monoisotopic (exact) mass is 432 g/mol. The summed E-state index contributed by atoms with van der Waals surface area (Å²) in [4.78, 5) is 26.6. The largest absolute Gasteiger partial charge is 0.481 e. The molecule has 2 heterocycles. The zero-order valence-corrected chi connectivity index (χ0v) is 17.5. The number of para-hydroxylation sites is 1. The van der Waals surface area contributed by atoms with E-state index in [0.29, 0.717) is 17.1 Å². The fraction of sp³-hybridized carbons (Fsp3) is 0.455. The van der Waals surface area contributed by atoms with Crippen LogP contribution in [0.5, 0.6) is 5.75 Å². The molecule has 0 unspecified atom stereocenters. The van der Waals surface area contributed by atoms with Crippen LogP contribution in [-0.2, 0) is 22.4 Å². The molecule has 0 saturated carbocycles. The molecule has 1 aliphatic carbocycles. The van der Waals surface area contributed by atoms with E-state index < -0.39 is 11.7 Å². The first-order valence-electron chi connectivity index (χ1n) is 10.3. The molecular formula is C22H25FN2O4S. The third kappa shape index (κ3) is 4.82. The van der Waals surface area contributed by atoms with Gasteiger partial charge < -0.3 is 20.1 Å². The van der Waals surface area contributed by atoms with Crippen LogP contribution in [-0.4, -0.2) is 37.7 Å². The summed E-state index contributed by atoms with van der Waals surface area (Å²) in [6.45, 7) is 0.866. The summed E-state index contributed by atoms with van der Waals surface area (Å²) in [5.41, 5.74) is 1.58. The topological polar surface area (TPSA) is 76.7 Å². The predicted octanol–water partition coefficient (Wildman–Crippen LogP) is 3.69. The third-order valence-corrected chi connectivity index (χ3v) is 6.57. The number of aryl methyl sites for hydroxylation is 1. The van der Waals surface area contributed by atoms with Crippen molar-refractivity contribution in [1.29, 1.82) is 0 Å². The van der Waals surface area contributed by atoms with E-state index in [1.54, 1.807) is 12.1 Å². The Morgan fingerprint density at radius 3 is 2.83 bits per heavy atom. The van der Waals surface area contributed by atoms with E-state index in [9.17, 15) is 14.0 Å². The molecule has 1 fully saturated rings. The number of carbonyl (C=O) groups excluding carboxylic acids is 2. The highest BCUT2D eigenvalue weighted by molar-refractivity contribution is 7.17. The molecule has 1 aromatic heterocycles. The molecule has 2 aromatic rings. The van der Waals surface area contributed by atoms with E-state index in [0.717, 1.165) is 55.6 Å². The fourth-order valence-corrected chi connectivity index (χ4v) is 5.17. The van der Waals surface area contributed by atoms with E-state index in [1.165, 1.54) is 23.5 Å². The van der Waals surface area contributed by atoms with Gasteiger partial charge in [0, 0.05) is 18.0 Å². The van der Waals surface area contributed by atoms with Crippen LogP contribution in [0, 0.1) is 5.82 Å². The second kappa shape index (κ2) is 9.57. The van der Waals surface area contributed by atoms with Crippen LogP contribution in [0.15, 0.2) is 24.3 Å². The van der Waals surface area contributed by atoms with E-state index in [2.05, 4.69) is 10.6 Å². The summed E-state index contributed by atoms with van der Waals surface area (Å²) >= 11 is 1.45. The second-order valence-electron chi connectivity index (χ2n) is 7.53. The minimum Gasteiger partial charge on any atom is -0.481 e. The standard InChI is InChI=1S/C22H25FN2O4S/c23-16-8-2-3-9-17(16)29-13-19(26)25-22-20(15-7-1-4-10-18(15)30-22)21(27)24-12-14-6-5-11-28-14/h2-3,8-9,14H,1,4-7,10-13H2,(H,24,27)(H,25,26)/t14-/m1/s1. The molecule has 1 aliphatic heterocycles. The van der Waals surface area contributed by atoms with Crippen molar-refractivity contribution in [3.8, 4) is 5.75 Å². The Kier molecular flexibility index (Phi) is 6.64. The van der Waals surface area contributed by atoms with E-state index >= 15 is 0 Å². The summed E-state index contributed by atoms with van der Waals surface area (Å²) in [6, 6.07) is 5.94. The normalized spacial score (nSPS) is 18.0. The number of amides is 2. The second-order valence-corrected chi connectivity index (χ2v) is 8.63. The molecule has 2 N–H and O–H groups in total. The molecule has 0 spiro atoms. The highest BCUT2D eigenvalue weighted by atomic mass is 32.1. The Morgan fingerprint density at radius 1 is 1.20 bits per heavy atom. The molecule has 1 saturated heterocycles. The fourth-order valence-electron chi connectivity index (χ4n) is 3.86. The molecule has 2 aliphatic rings. The van der Waals surface area contributed by atoms with Crippen LogP contribution in [0.2, 0.25) is 0 Å². The predicted molar refractivity (Wildman–Crippen MR) is 113 cm³/mol. The lowest BCUT2D eigenvalue weighted by atomic mass is 9.95. The molecule has 6 nitrogen and oxygen atoms in total. The molecule has 0 bridgehead atoms. The smallest absolute Gasteiger partial charge is 0.262 e. The number of carbonyl (C=O) groups is 2. The number of hydrogen-bond acceptors (Lipinski definition) is 5. The van der Waals surface area contributed by atoms with Crippen molar-refractivity contribution >= 4 is 28.2 Å². The summed E-state index contributed by atoms with van der Waals surface area (Å²) < 4.78 is 24.6. The van der Waals surface area contributed by atoms with Crippen molar-refractivity contribution in [2.24, 2.45) is 0 Å². The summed E-state index contributed by atoms with van der Waals surface area (Å²) in [7, 11) is 0. The Bertz CT molecular complexity index is 924. The van der Waals surface area contributed by atoms with Crippen LogP contribution < -0.4 is 15.4 Å². The van der Waals surface area contributed by atoms with Gasteiger partial charge in [-0.05, 0) is 56.2 Å². The van der Waals surface area contributed by atoms with Gasteiger partial charge in [-0.25, -0.2) is 4.39 Å². The van der Waals surface area contributed by atoms with Crippen LogP contribution in [0.1, 0.15) is 46.5 Å². The van der Waals surface area contributed by atoms with Gasteiger partial charge in [0.15, 0.2) is 18.2 Å². The Labute approximate surface area is 178 Å². The highest BCUT2D eigenvalue weighted by Gasteiger charge is 2.27. The molecular weight excluding hydrogens is 407 g/mol. The highest BCUT2D eigenvalue weighted by Crippen LogP contribution is 2.38. The Hall–Kier alpha value is -2.45. The summed E-state index contributed by atoms with van der Waals surface area (Å²) in [5.74, 6) is -1.11. The average Bonchev–Trinajstić information content (AvgIpc) is 3.39. The van der Waals surface area contributed by atoms with Gasteiger partial charge in [0.25, 0.3) is 11.8 Å². The number of thiophene rings is 1. The zero-order chi connectivity index (χ0) is 20.9. The SMILES string of the molecule is O=C(COc1ccccc1F)Nc1sc2c(c1C(=O)NC[C@H]1CCCO1)CCCC2. The van der Waals surface area contributed by atoms with Gasteiger partial charge in [-0.1, -0.05) is 12.1 Å². The van der Waals surface area contributed by atoms with Crippen LogP contribution in [0.25, 0.3) is 0 Å². The first-order chi connectivity index (χ1) is 14.6. The van der Waals surface area contributed by atoms with Gasteiger partial charge >= 0.3 is 0 Å². The average molecular weight is 433 g/mol. The van der Waals surface area contributed by atoms with Gasteiger partial charge in [0.1, 0.15) is 5.00 Å². The Balaban J connectivity index is 1.45. The number of rotatable bonds is 7. The molecule has 4 rings (SSSR count). The third-order valence-electron chi connectivity index (χ3n) is 5.36. The number of benzene rings is 1. The maximum absolute atomic E-state index is 13.7. The van der Waals surface area contributed by atoms with Crippen molar-refractivity contribution in [3.05, 3.63) is 46.1 Å². The number of anilines is 1. The quantitative estimate of drug-likeness (QED) is 0.700. The van der Waals surface area contributed by atoms with Gasteiger partial charge in [-0.2, -0.15) is 0 Å². The van der Waals surface area contributed by atoms with Crippen molar-refractivity contribution in [2.45, 2.75) is 44.6 Å². The number of fused-ring (bicyclic) bond motifs is 1. The molecule has 2 amide bonds. The molecule has 8 heteroatoms. The first kappa shape index (κ1) is 20.8. The lowest BCUT2D eigenvalue weighted by Crippen LogP contribution is -2.33. The first-order valence-corrected chi connectivity index (χ1v) is 11.1. The molecule has 1 aromatic carbocycles. The van der Waals surface area contributed by atoms with Crippen molar-refractivity contribution in [1.82, 2.24) is 5.32 Å². The molecule has 1 atom stereocenters. The number of hydrogen-bond donors (Lipinski definition) is 2. The summed E-state index contributed by atoms with van der Waals surface area (Å²) in [6.07, 6.45) is 5.85. The molecule has 160 valence electrons. The van der Waals surface area contributed by atoms with Gasteiger partial charge in [-0.15, -0.1) is 11.3 Å². The minimum absolute atomic E-state index is 0.0210. The summed E-state index contributed by atoms with van der Waals surface area (Å²) in [5, 5.41) is 6.31. The zero-order valence-electron chi connectivity index (χ0n) is 16.7. The number of halogens is 1. The molecule has 30 heavy (non-hydrogen) atoms. The van der Waals surface area contributed by atoms with Crippen molar-refractivity contribution < 1.29 is 23.5 Å². The van der Waals surface area contributed by atoms with Crippen LogP contribution in [0.3, 0.4) is 0 Å². The van der Waals surface area contributed by atoms with Gasteiger partial charge in [0.2, 0.25) is 0 Å². The van der Waals surface area contributed by atoms with Crippen LogP contribution in [0.4, 0.5) is 9.39 Å². The van der Waals surface area contributed by atoms with Gasteiger partial charge in [-0.3, -0.25) is 9.59 Å². The van der Waals surface area contributed by atoms with E-state index in [1.807, 2.05) is 0 Å².